The lowest BCUT2D eigenvalue weighted by atomic mass is 9.84. The highest BCUT2D eigenvalue weighted by molar-refractivity contribution is 6.32. The predicted molar refractivity (Wildman–Crippen MR) is 85.6 cm³/mol. The maximum absolute atomic E-state index is 6.15. The van der Waals surface area contributed by atoms with Gasteiger partial charge in [0, 0.05) is 6.04 Å². The molecule has 1 unspecified atom stereocenters. The van der Waals surface area contributed by atoms with Gasteiger partial charge < -0.3 is 10.1 Å². The van der Waals surface area contributed by atoms with Crippen LogP contribution in [0, 0.1) is 5.92 Å². The van der Waals surface area contributed by atoms with Crippen LogP contribution in [0.2, 0.25) is 5.02 Å². The van der Waals surface area contributed by atoms with Gasteiger partial charge in [-0.05, 0) is 43.9 Å². The van der Waals surface area contributed by atoms with E-state index in [1.54, 1.807) is 0 Å². The highest BCUT2D eigenvalue weighted by atomic mass is 35.5. The summed E-state index contributed by atoms with van der Waals surface area (Å²) in [5.41, 5.74) is 0. The minimum atomic E-state index is 0.450. The number of para-hydroxylation sites is 1. The van der Waals surface area contributed by atoms with Gasteiger partial charge in [0.2, 0.25) is 0 Å². The van der Waals surface area contributed by atoms with E-state index in [2.05, 4.69) is 12.2 Å². The molecule has 112 valence electrons. The molecule has 2 rings (SSSR count). The fourth-order valence-corrected chi connectivity index (χ4v) is 3.16. The SMILES string of the molecule is CCCNC(COc1ccccc1Cl)C1CCCCC1. The van der Waals surface area contributed by atoms with E-state index in [0.717, 1.165) is 24.6 Å². The van der Waals surface area contributed by atoms with E-state index in [0.29, 0.717) is 17.7 Å². The molecule has 0 aliphatic heterocycles. The molecular weight excluding hydrogens is 270 g/mol. The van der Waals surface area contributed by atoms with Crippen molar-refractivity contribution in [2.75, 3.05) is 13.2 Å². The maximum Gasteiger partial charge on any atom is 0.137 e. The summed E-state index contributed by atoms with van der Waals surface area (Å²) in [6.07, 6.45) is 7.93. The Morgan fingerprint density at radius 1 is 1.25 bits per heavy atom. The molecule has 0 heterocycles. The van der Waals surface area contributed by atoms with E-state index in [-0.39, 0.29) is 0 Å². The summed E-state index contributed by atoms with van der Waals surface area (Å²) in [7, 11) is 0. The minimum Gasteiger partial charge on any atom is -0.490 e. The molecule has 1 fully saturated rings. The summed E-state index contributed by atoms with van der Waals surface area (Å²) in [5.74, 6) is 1.55. The second-order valence-corrected chi connectivity index (χ2v) is 6.11. The van der Waals surface area contributed by atoms with Gasteiger partial charge in [-0.25, -0.2) is 0 Å². The second kappa shape index (κ2) is 8.53. The third-order valence-corrected chi connectivity index (χ3v) is 4.44. The smallest absolute Gasteiger partial charge is 0.137 e. The summed E-state index contributed by atoms with van der Waals surface area (Å²) in [5, 5.41) is 4.36. The van der Waals surface area contributed by atoms with Crippen LogP contribution >= 0.6 is 11.6 Å². The van der Waals surface area contributed by atoms with Crippen LogP contribution in [0.1, 0.15) is 45.4 Å². The van der Waals surface area contributed by atoms with Gasteiger partial charge in [0.05, 0.1) is 5.02 Å². The summed E-state index contributed by atoms with van der Waals surface area (Å²) < 4.78 is 5.95. The van der Waals surface area contributed by atoms with Crippen molar-refractivity contribution in [3.8, 4) is 5.75 Å². The molecular formula is C17H26ClNO. The van der Waals surface area contributed by atoms with Crippen molar-refractivity contribution in [1.29, 1.82) is 0 Å². The molecule has 0 radical (unpaired) electrons. The Labute approximate surface area is 127 Å². The Balaban J connectivity index is 1.91. The van der Waals surface area contributed by atoms with Crippen molar-refractivity contribution in [2.24, 2.45) is 5.92 Å². The van der Waals surface area contributed by atoms with E-state index >= 15 is 0 Å². The van der Waals surface area contributed by atoms with Crippen LogP contribution in [-0.2, 0) is 0 Å². The molecule has 1 aromatic carbocycles. The zero-order valence-corrected chi connectivity index (χ0v) is 13.2. The van der Waals surface area contributed by atoms with Crippen LogP contribution in [-0.4, -0.2) is 19.2 Å². The molecule has 20 heavy (non-hydrogen) atoms. The van der Waals surface area contributed by atoms with Crippen LogP contribution in [0.4, 0.5) is 0 Å². The second-order valence-electron chi connectivity index (χ2n) is 5.70. The molecule has 0 aromatic heterocycles. The van der Waals surface area contributed by atoms with Gasteiger partial charge >= 0.3 is 0 Å². The quantitative estimate of drug-likeness (QED) is 0.789. The summed E-state index contributed by atoms with van der Waals surface area (Å²) in [6.45, 7) is 3.99. The molecule has 1 N–H and O–H groups in total. The van der Waals surface area contributed by atoms with Crippen molar-refractivity contribution < 1.29 is 4.74 Å². The monoisotopic (exact) mass is 295 g/mol. The molecule has 1 aromatic rings. The molecule has 1 saturated carbocycles. The zero-order valence-electron chi connectivity index (χ0n) is 12.4. The molecule has 3 heteroatoms. The topological polar surface area (TPSA) is 21.3 Å². The first-order chi connectivity index (χ1) is 9.81. The summed E-state index contributed by atoms with van der Waals surface area (Å²) in [6, 6.07) is 8.18. The van der Waals surface area contributed by atoms with Gasteiger partial charge in [-0.2, -0.15) is 0 Å². The first-order valence-electron chi connectivity index (χ1n) is 7.92. The van der Waals surface area contributed by atoms with Crippen molar-refractivity contribution in [3.05, 3.63) is 29.3 Å². The summed E-state index contributed by atoms with van der Waals surface area (Å²) in [4.78, 5) is 0. The number of hydrogen-bond donors (Lipinski definition) is 1. The zero-order chi connectivity index (χ0) is 14.2. The highest BCUT2D eigenvalue weighted by Gasteiger charge is 2.23. The van der Waals surface area contributed by atoms with Gasteiger partial charge in [0.15, 0.2) is 0 Å². The lowest BCUT2D eigenvalue weighted by Crippen LogP contribution is -2.42. The van der Waals surface area contributed by atoms with Gasteiger partial charge in [0.1, 0.15) is 12.4 Å². The Kier molecular flexibility index (Phi) is 6.68. The fourth-order valence-electron chi connectivity index (χ4n) is 2.97. The minimum absolute atomic E-state index is 0.450. The molecule has 1 atom stereocenters. The van der Waals surface area contributed by atoms with Crippen LogP contribution < -0.4 is 10.1 Å². The average molecular weight is 296 g/mol. The molecule has 0 spiro atoms. The Morgan fingerprint density at radius 3 is 2.70 bits per heavy atom. The lowest BCUT2D eigenvalue weighted by molar-refractivity contribution is 0.186. The van der Waals surface area contributed by atoms with Crippen molar-refractivity contribution in [1.82, 2.24) is 5.32 Å². The van der Waals surface area contributed by atoms with Crippen LogP contribution in [0.5, 0.6) is 5.75 Å². The number of nitrogens with one attached hydrogen (secondary N) is 1. The number of halogens is 1. The first kappa shape index (κ1) is 15.7. The third-order valence-electron chi connectivity index (χ3n) is 4.13. The van der Waals surface area contributed by atoms with E-state index < -0.39 is 0 Å². The van der Waals surface area contributed by atoms with Crippen LogP contribution in [0.3, 0.4) is 0 Å². The Bertz CT molecular complexity index is 390. The largest absolute Gasteiger partial charge is 0.490 e. The van der Waals surface area contributed by atoms with Crippen molar-refractivity contribution in [3.63, 3.8) is 0 Å². The highest BCUT2D eigenvalue weighted by Crippen LogP contribution is 2.28. The number of benzene rings is 1. The van der Waals surface area contributed by atoms with Gasteiger partial charge in [-0.15, -0.1) is 0 Å². The third kappa shape index (κ3) is 4.68. The Morgan fingerprint density at radius 2 is 2.00 bits per heavy atom. The van der Waals surface area contributed by atoms with E-state index in [1.165, 1.54) is 32.1 Å². The van der Waals surface area contributed by atoms with E-state index in [4.69, 9.17) is 16.3 Å². The fraction of sp³-hybridized carbons (Fsp3) is 0.647. The maximum atomic E-state index is 6.15. The molecule has 1 aliphatic carbocycles. The van der Waals surface area contributed by atoms with E-state index in [9.17, 15) is 0 Å². The normalized spacial score (nSPS) is 17.9. The van der Waals surface area contributed by atoms with Gasteiger partial charge in [-0.1, -0.05) is 49.9 Å². The number of hydrogen-bond acceptors (Lipinski definition) is 2. The standard InChI is InChI=1S/C17H26ClNO/c1-2-12-19-16(14-8-4-3-5-9-14)13-20-17-11-7-6-10-15(17)18/h6-7,10-11,14,16,19H,2-5,8-9,12-13H2,1H3. The molecule has 0 bridgehead atoms. The lowest BCUT2D eigenvalue weighted by Gasteiger charge is -2.31. The van der Waals surface area contributed by atoms with E-state index in [1.807, 2.05) is 24.3 Å². The summed E-state index contributed by atoms with van der Waals surface area (Å²) >= 11 is 6.15. The predicted octanol–water partition coefficient (Wildman–Crippen LogP) is 4.67. The van der Waals surface area contributed by atoms with Gasteiger partial charge in [0.25, 0.3) is 0 Å². The molecule has 0 saturated heterocycles. The Hall–Kier alpha value is -0.730. The van der Waals surface area contributed by atoms with Gasteiger partial charge in [-0.3, -0.25) is 0 Å². The molecule has 2 nitrogen and oxygen atoms in total. The number of rotatable bonds is 7. The average Bonchev–Trinajstić information content (AvgIpc) is 2.50. The molecule has 0 amide bonds. The number of ether oxygens (including phenoxy) is 1. The molecule has 1 aliphatic rings. The van der Waals surface area contributed by atoms with Crippen molar-refractivity contribution >= 4 is 11.6 Å². The van der Waals surface area contributed by atoms with Crippen LogP contribution in [0.15, 0.2) is 24.3 Å². The first-order valence-corrected chi connectivity index (χ1v) is 8.29. The van der Waals surface area contributed by atoms with Crippen LogP contribution in [0.25, 0.3) is 0 Å². The van der Waals surface area contributed by atoms with Crippen molar-refractivity contribution in [2.45, 2.75) is 51.5 Å².